The Hall–Kier alpha value is -1.40. The molecule has 172 valence electrons. The fraction of sp³-hybridized carbons (Fsp3) is 0.650. The third-order valence-corrected chi connectivity index (χ3v) is 6.44. The number of hydrogen-bond acceptors (Lipinski definition) is 8. The van der Waals surface area contributed by atoms with Gasteiger partial charge in [-0.3, -0.25) is 33.8 Å². The summed E-state index contributed by atoms with van der Waals surface area (Å²) in [5, 5.41) is -1.92. The van der Waals surface area contributed by atoms with Gasteiger partial charge in [-0.15, -0.1) is 0 Å². The van der Waals surface area contributed by atoms with Crippen molar-refractivity contribution in [1.29, 1.82) is 0 Å². The molecule has 0 spiro atoms. The molecule has 0 bridgehead atoms. The number of rotatable bonds is 14. The summed E-state index contributed by atoms with van der Waals surface area (Å²) in [5.41, 5.74) is 0. The molecule has 32 heavy (non-hydrogen) atoms. The standard InChI is InChI=1S/C20H28N2O8S.Na/c23-15(14-22-19(26)13-16(20(22)27)31(28,29)30)9-7-5-3-1-2-4-6-8-12-21-17(24)10-11-18(21)25;/h10-11,16H,1-9,12-14H2,(H,28,29,30);/q;+1/p-1. The maximum atomic E-state index is 12.0. The zero-order valence-corrected chi connectivity index (χ0v) is 21.1. The van der Waals surface area contributed by atoms with Crippen LogP contribution in [0.4, 0.5) is 0 Å². The molecule has 0 aromatic carbocycles. The second-order valence-corrected chi connectivity index (χ2v) is 9.34. The summed E-state index contributed by atoms with van der Waals surface area (Å²) >= 11 is 0. The van der Waals surface area contributed by atoms with Crippen molar-refractivity contribution in [2.45, 2.75) is 69.5 Å². The molecule has 0 saturated carbocycles. The Morgan fingerprint density at radius 2 is 1.38 bits per heavy atom. The number of carbonyl (C=O) groups is 5. The molecule has 0 N–H and O–H groups in total. The van der Waals surface area contributed by atoms with Gasteiger partial charge in [0.15, 0.2) is 5.78 Å². The zero-order chi connectivity index (χ0) is 23.0. The van der Waals surface area contributed by atoms with Gasteiger partial charge < -0.3 is 4.55 Å². The number of likely N-dealkylation sites (tertiary alicyclic amines) is 1. The van der Waals surface area contributed by atoms with Crippen molar-refractivity contribution in [3.05, 3.63) is 12.2 Å². The first-order chi connectivity index (χ1) is 14.6. The minimum Gasteiger partial charge on any atom is -0.747 e. The van der Waals surface area contributed by atoms with Crippen molar-refractivity contribution < 1.29 is 66.5 Å². The monoisotopic (exact) mass is 478 g/mol. The Bertz CT molecular complexity index is 853. The van der Waals surface area contributed by atoms with Crippen LogP contribution in [0.25, 0.3) is 0 Å². The Labute approximate surface area is 209 Å². The Morgan fingerprint density at radius 3 is 1.88 bits per heavy atom. The molecule has 2 aliphatic heterocycles. The van der Waals surface area contributed by atoms with E-state index in [1.54, 1.807) is 0 Å². The number of amides is 4. The van der Waals surface area contributed by atoms with E-state index in [9.17, 15) is 36.9 Å². The van der Waals surface area contributed by atoms with E-state index in [-0.39, 0.29) is 53.6 Å². The van der Waals surface area contributed by atoms with Crippen molar-refractivity contribution in [1.82, 2.24) is 9.80 Å². The molecule has 4 amide bonds. The van der Waals surface area contributed by atoms with Crippen LogP contribution >= 0.6 is 0 Å². The van der Waals surface area contributed by atoms with Crippen LogP contribution < -0.4 is 29.6 Å². The average molecular weight is 478 g/mol. The molecule has 2 rings (SSSR count). The fourth-order valence-corrected chi connectivity index (χ4v) is 4.33. The molecule has 0 radical (unpaired) electrons. The molecule has 0 aromatic heterocycles. The van der Waals surface area contributed by atoms with Gasteiger partial charge in [-0.05, 0) is 12.8 Å². The first kappa shape index (κ1) is 28.6. The zero-order valence-electron chi connectivity index (χ0n) is 18.3. The van der Waals surface area contributed by atoms with Gasteiger partial charge in [-0.25, -0.2) is 8.42 Å². The third kappa shape index (κ3) is 8.51. The number of carbonyl (C=O) groups excluding carboxylic acids is 5. The fourth-order valence-electron chi connectivity index (χ4n) is 3.60. The number of imide groups is 2. The average Bonchev–Trinajstić information content (AvgIpc) is 3.16. The number of ketones is 1. The van der Waals surface area contributed by atoms with Crippen LogP contribution in [0.15, 0.2) is 12.2 Å². The van der Waals surface area contributed by atoms with Crippen LogP contribution in [0.5, 0.6) is 0 Å². The van der Waals surface area contributed by atoms with Crippen LogP contribution in [-0.2, 0) is 34.1 Å². The van der Waals surface area contributed by atoms with Gasteiger partial charge in [0.2, 0.25) is 11.8 Å². The normalized spacial score (nSPS) is 18.6. The van der Waals surface area contributed by atoms with Gasteiger partial charge in [0.05, 0.1) is 13.0 Å². The van der Waals surface area contributed by atoms with Crippen LogP contribution in [0.3, 0.4) is 0 Å². The van der Waals surface area contributed by atoms with Crippen LogP contribution in [0.2, 0.25) is 0 Å². The van der Waals surface area contributed by atoms with Crippen molar-refractivity contribution in [3.63, 3.8) is 0 Å². The molecule has 2 heterocycles. The predicted octanol–water partition coefficient (Wildman–Crippen LogP) is -2.33. The van der Waals surface area contributed by atoms with E-state index in [1.165, 1.54) is 17.1 Å². The van der Waals surface area contributed by atoms with E-state index in [0.717, 1.165) is 44.9 Å². The molecular formula is C20H27N2NaO8S. The molecule has 1 fully saturated rings. The first-order valence-electron chi connectivity index (χ1n) is 10.5. The number of unbranched alkanes of at least 4 members (excludes halogenated alkanes) is 7. The molecule has 2 aliphatic rings. The Balaban J connectivity index is 0.00000512. The van der Waals surface area contributed by atoms with E-state index < -0.39 is 40.1 Å². The summed E-state index contributed by atoms with van der Waals surface area (Å²) in [6.07, 6.45) is 9.08. The van der Waals surface area contributed by atoms with E-state index in [2.05, 4.69) is 0 Å². The van der Waals surface area contributed by atoms with Crippen molar-refractivity contribution in [2.75, 3.05) is 13.1 Å². The van der Waals surface area contributed by atoms with E-state index in [4.69, 9.17) is 0 Å². The van der Waals surface area contributed by atoms with Gasteiger partial charge in [-0.2, -0.15) is 0 Å². The molecule has 0 aromatic rings. The second kappa shape index (κ2) is 13.3. The summed E-state index contributed by atoms with van der Waals surface area (Å²) in [7, 11) is -4.91. The quantitative estimate of drug-likeness (QED) is 0.117. The topological polar surface area (TPSA) is 149 Å². The predicted molar refractivity (Wildman–Crippen MR) is 107 cm³/mol. The Morgan fingerprint density at radius 1 is 0.875 bits per heavy atom. The van der Waals surface area contributed by atoms with Crippen molar-refractivity contribution in [2.24, 2.45) is 0 Å². The number of hydrogen-bond donors (Lipinski definition) is 0. The maximum Gasteiger partial charge on any atom is 1.00 e. The van der Waals surface area contributed by atoms with Crippen LogP contribution in [-0.4, -0.2) is 70.5 Å². The number of nitrogens with zero attached hydrogens (tertiary/aromatic N) is 2. The molecule has 1 unspecified atom stereocenters. The molecule has 10 nitrogen and oxygen atoms in total. The summed E-state index contributed by atoms with van der Waals surface area (Å²) < 4.78 is 33.0. The summed E-state index contributed by atoms with van der Waals surface area (Å²) in [6.45, 7) is -0.0441. The van der Waals surface area contributed by atoms with E-state index >= 15 is 0 Å². The molecule has 1 atom stereocenters. The van der Waals surface area contributed by atoms with Crippen LogP contribution in [0.1, 0.15) is 64.2 Å². The third-order valence-electron chi connectivity index (χ3n) is 5.37. The van der Waals surface area contributed by atoms with E-state index in [0.29, 0.717) is 17.9 Å². The smallest absolute Gasteiger partial charge is 0.747 e. The Kier molecular flexibility index (Phi) is 11.9. The molecule has 1 saturated heterocycles. The van der Waals surface area contributed by atoms with Gasteiger partial charge in [0.1, 0.15) is 15.4 Å². The van der Waals surface area contributed by atoms with Gasteiger partial charge >= 0.3 is 29.6 Å². The summed E-state index contributed by atoms with van der Waals surface area (Å²) in [4.78, 5) is 60.2. The maximum absolute atomic E-state index is 12.0. The molecule has 0 aliphatic carbocycles. The first-order valence-corrected chi connectivity index (χ1v) is 11.9. The minimum absolute atomic E-state index is 0. The number of Topliss-reactive ketones (excluding diaryl/α,β-unsaturated/α-hetero) is 1. The van der Waals surface area contributed by atoms with Gasteiger partial charge in [-0.1, -0.05) is 38.5 Å². The summed E-state index contributed by atoms with van der Waals surface area (Å²) in [5.74, 6) is -2.77. The second-order valence-electron chi connectivity index (χ2n) is 7.78. The SMILES string of the molecule is O=C(CCCCCCCCCCN1C(=O)C=CC1=O)CN1C(=O)CC(S(=O)(=O)[O-])C1=O.[Na+]. The van der Waals surface area contributed by atoms with Crippen LogP contribution in [0, 0.1) is 0 Å². The van der Waals surface area contributed by atoms with Crippen molar-refractivity contribution >= 4 is 39.5 Å². The van der Waals surface area contributed by atoms with Gasteiger partial charge in [0.25, 0.3) is 11.8 Å². The van der Waals surface area contributed by atoms with Crippen molar-refractivity contribution in [3.8, 4) is 0 Å². The largest absolute Gasteiger partial charge is 1.00 e. The molecular weight excluding hydrogens is 451 g/mol. The van der Waals surface area contributed by atoms with Gasteiger partial charge in [0, 0.05) is 25.1 Å². The molecule has 12 heteroatoms. The van der Waals surface area contributed by atoms with E-state index in [1.807, 2.05) is 0 Å². The summed E-state index contributed by atoms with van der Waals surface area (Å²) in [6, 6.07) is 0. The minimum atomic E-state index is -4.91.